The lowest BCUT2D eigenvalue weighted by Crippen LogP contribution is -2.38. The van der Waals surface area contributed by atoms with Gasteiger partial charge in [0.2, 0.25) is 5.91 Å². The van der Waals surface area contributed by atoms with Crippen molar-refractivity contribution in [2.75, 3.05) is 18.0 Å². The molecule has 1 aliphatic heterocycles. The van der Waals surface area contributed by atoms with E-state index in [1.54, 1.807) is 0 Å². The standard InChI is InChI=1S/C16H24N2O/c1-4-10-17-14-9-11-18(16(14)19)15-8-6-5-7-13(15)12(2)3/h5-8,12,14,17H,4,9-11H2,1-3H3. The van der Waals surface area contributed by atoms with Crippen LogP contribution in [0.3, 0.4) is 0 Å². The number of para-hydroxylation sites is 1. The number of amides is 1. The molecule has 0 aromatic heterocycles. The molecule has 1 aromatic rings. The number of nitrogens with one attached hydrogen (secondary N) is 1. The monoisotopic (exact) mass is 260 g/mol. The third-order valence-corrected chi connectivity index (χ3v) is 3.70. The number of anilines is 1. The van der Waals surface area contributed by atoms with Gasteiger partial charge in [0.15, 0.2) is 0 Å². The minimum Gasteiger partial charge on any atom is -0.311 e. The Labute approximate surface area is 116 Å². The number of carbonyl (C=O) groups is 1. The fourth-order valence-corrected chi connectivity index (χ4v) is 2.65. The maximum absolute atomic E-state index is 12.5. The van der Waals surface area contributed by atoms with Gasteiger partial charge in [0, 0.05) is 12.2 Å². The van der Waals surface area contributed by atoms with Crippen molar-refractivity contribution < 1.29 is 4.79 Å². The molecule has 3 heteroatoms. The zero-order chi connectivity index (χ0) is 13.8. The van der Waals surface area contributed by atoms with E-state index in [-0.39, 0.29) is 11.9 Å². The summed E-state index contributed by atoms with van der Waals surface area (Å²) in [4.78, 5) is 14.4. The molecule has 0 saturated carbocycles. The topological polar surface area (TPSA) is 32.3 Å². The van der Waals surface area contributed by atoms with Gasteiger partial charge in [-0.3, -0.25) is 4.79 Å². The summed E-state index contributed by atoms with van der Waals surface area (Å²) in [7, 11) is 0. The molecule has 1 N–H and O–H groups in total. The molecule has 0 spiro atoms. The summed E-state index contributed by atoms with van der Waals surface area (Å²) in [5.74, 6) is 0.660. The average molecular weight is 260 g/mol. The molecular formula is C16H24N2O. The van der Waals surface area contributed by atoms with Gasteiger partial charge in [0.25, 0.3) is 0 Å². The van der Waals surface area contributed by atoms with Crippen LogP contribution in [0.15, 0.2) is 24.3 Å². The van der Waals surface area contributed by atoms with E-state index >= 15 is 0 Å². The van der Waals surface area contributed by atoms with Crippen LogP contribution in [0.1, 0.15) is 45.1 Å². The van der Waals surface area contributed by atoms with E-state index in [9.17, 15) is 4.79 Å². The smallest absolute Gasteiger partial charge is 0.244 e. The quantitative estimate of drug-likeness (QED) is 0.883. The summed E-state index contributed by atoms with van der Waals surface area (Å²) in [6, 6.07) is 8.25. The van der Waals surface area contributed by atoms with Gasteiger partial charge in [-0.25, -0.2) is 0 Å². The Morgan fingerprint density at radius 1 is 1.37 bits per heavy atom. The molecule has 1 aromatic carbocycles. The van der Waals surface area contributed by atoms with E-state index in [1.807, 2.05) is 17.0 Å². The number of carbonyl (C=O) groups excluding carboxylic acids is 1. The van der Waals surface area contributed by atoms with Gasteiger partial charge >= 0.3 is 0 Å². The van der Waals surface area contributed by atoms with Gasteiger partial charge in [-0.1, -0.05) is 39.0 Å². The second-order valence-electron chi connectivity index (χ2n) is 5.50. The highest BCUT2D eigenvalue weighted by molar-refractivity contribution is 6.00. The Hall–Kier alpha value is -1.35. The van der Waals surface area contributed by atoms with Crippen LogP contribution in [0.5, 0.6) is 0 Å². The lowest BCUT2D eigenvalue weighted by atomic mass is 10.0. The first kappa shape index (κ1) is 14.1. The van der Waals surface area contributed by atoms with Crippen LogP contribution in [-0.2, 0) is 4.79 Å². The molecule has 19 heavy (non-hydrogen) atoms. The first-order valence-corrected chi connectivity index (χ1v) is 7.28. The predicted molar refractivity (Wildman–Crippen MR) is 79.6 cm³/mol. The van der Waals surface area contributed by atoms with Gasteiger partial charge in [-0.05, 0) is 36.9 Å². The molecule has 1 unspecified atom stereocenters. The predicted octanol–water partition coefficient (Wildman–Crippen LogP) is 2.91. The van der Waals surface area contributed by atoms with Gasteiger partial charge in [-0.15, -0.1) is 0 Å². The number of nitrogens with zero attached hydrogens (tertiary/aromatic N) is 1. The third kappa shape index (κ3) is 2.98. The van der Waals surface area contributed by atoms with Crippen molar-refractivity contribution in [2.24, 2.45) is 0 Å². The highest BCUT2D eigenvalue weighted by Gasteiger charge is 2.32. The highest BCUT2D eigenvalue weighted by Crippen LogP contribution is 2.30. The third-order valence-electron chi connectivity index (χ3n) is 3.70. The van der Waals surface area contributed by atoms with E-state index in [0.717, 1.165) is 31.6 Å². The molecule has 1 heterocycles. The first-order valence-electron chi connectivity index (χ1n) is 7.28. The van der Waals surface area contributed by atoms with E-state index in [4.69, 9.17) is 0 Å². The minimum atomic E-state index is 0.000156. The number of hydrogen-bond acceptors (Lipinski definition) is 2. The molecule has 2 rings (SSSR count). The van der Waals surface area contributed by atoms with Gasteiger partial charge < -0.3 is 10.2 Å². The summed E-state index contributed by atoms with van der Waals surface area (Å²) in [6.45, 7) is 8.21. The van der Waals surface area contributed by atoms with E-state index in [1.165, 1.54) is 5.56 Å². The minimum absolute atomic E-state index is 0.000156. The lowest BCUT2D eigenvalue weighted by molar-refractivity contribution is -0.118. The fourth-order valence-electron chi connectivity index (χ4n) is 2.65. The van der Waals surface area contributed by atoms with Crippen LogP contribution in [-0.4, -0.2) is 25.0 Å². The largest absolute Gasteiger partial charge is 0.311 e. The SMILES string of the molecule is CCCNC1CCN(c2ccccc2C(C)C)C1=O. The molecule has 104 valence electrons. The van der Waals surface area contributed by atoms with Crippen LogP contribution >= 0.6 is 0 Å². The zero-order valence-corrected chi connectivity index (χ0v) is 12.1. The van der Waals surface area contributed by atoms with E-state index in [0.29, 0.717) is 5.92 Å². The zero-order valence-electron chi connectivity index (χ0n) is 12.1. The van der Waals surface area contributed by atoms with Crippen molar-refractivity contribution in [3.05, 3.63) is 29.8 Å². The summed E-state index contributed by atoms with van der Waals surface area (Å²) in [6.07, 6.45) is 1.97. The molecule has 1 aliphatic rings. The van der Waals surface area contributed by atoms with Gasteiger partial charge in [0.1, 0.15) is 0 Å². The van der Waals surface area contributed by atoms with Gasteiger partial charge in [0.05, 0.1) is 6.04 Å². The Bertz CT molecular complexity index is 442. The Morgan fingerprint density at radius 3 is 2.79 bits per heavy atom. The Morgan fingerprint density at radius 2 is 2.11 bits per heavy atom. The molecular weight excluding hydrogens is 236 g/mol. The second-order valence-corrected chi connectivity index (χ2v) is 5.50. The molecule has 3 nitrogen and oxygen atoms in total. The summed E-state index contributed by atoms with van der Waals surface area (Å²) in [5, 5.41) is 3.34. The Kier molecular flexibility index (Phi) is 4.59. The van der Waals surface area contributed by atoms with Crippen LogP contribution in [0.4, 0.5) is 5.69 Å². The number of rotatable bonds is 5. The first-order chi connectivity index (χ1) is 9.15. The number of benzene rings is 1. The molecule has 0 aliphatic carbocycles. The van der Waals surface area contributed by atoms with Crippen molar-refractivity contribution in [1.82, 2.24) is 5.32 Å². The maximum atomic E-state index is 12.5. The van der Waals surface area contributed by atoms with Crippen LogP contribution in [0.2, 0.25) is 0 Å². The van der Waals surface area contributed by atoms with Crippen molar-refractivity contribution in [1.29, 1.82) is 0 Å². The second kappa shape index (κ2) is 6.20. The van der Waals surface area contributed by atoms with Gasteiger partial charge in [-0.2, -0.15) is 0 Å². The van der Waals surface area contributed by atoms with Crippen molar-refractivity contribution in [3.8, 4) is 0 Å². The van der Waals surface area contributed by atoms with Crippen LogP contribution in [0.25, 0.3) is 0 Å². The van der Waals surface area contributed by atoms with Crippen molar-refractivity contribution in [2.45, 2.75) is 45.6 Å². The molecule has 1 saturated heterocycles. The van der Waals surface area contributed by atoms with Crippen molar-refractivity contribution in [3.63, 3.8) is 0 Å². The normalized spacial score (nSPS) is 19.5. The summed E-state index contributed by atoms with van der Waals surface area (Å²) >= 11 is 0. The van der Waals surface area contributed by atoms with Crippen LogP contribution in [0, 0.1) is 0 Å². The number of hydrogen-bond donors (Lipinski definition) is 1. The molecule has 1 fully saturated rings. The fraction of sp³-hybridized carbons (Fsp3) is 0.562. The van der Waals surface area contributed by atoms with Crippen LogP contribution < -0.4 is 10.2 Å². The average Bonchev–Trinajstić information content (AvgIpc) is 2.77. The van der Waals surface area contributed by atoms with Crippen molar-refractivity contribution >= 4 is 11.6 Å². The highest BCUT2D eigenvalue weighted by atomic mass is 16.2. The van der Waals surface area contributed by atoms with E-state index in [2.05, 4.69) is 38.2 Å². The molecule has 1 amide bonds. The lowest BCUT2D eigenvalue weighted by Gasteiger charge is -2.22. The molecule has 0 bridgehead atoms. The summed E-state index contributed by atoms with van der Waals surface area (Å²) in [5.41, 5.74) is 2.34. The van der Waals surface area contributed by atoms with E-state index < -0.39 is 0 Å². The summed E-state index contributed by atoms with van der Waals surface area (Å²) < 4.78 is 0. The Balaban J connectivity index is 2.17. The molecule has 0 radical (unpaired) electrons. The maximum Gasteiger partial charge on any atom is 0.244 e. The molecule has 1 atom stereocenters.